The summed E-state index contributed by atoms with van der Waals surface area (Å²) in [6.45, 7) is 6.67. The van der Waals surface area contributed by atoms with Crippen molar-refractivity contribution in [2.75, 3.05) is 13.2 Å². The van der Waals surface area contributed by atoms with Crippen LogP contribution in [0.1, 0.15) is 19.8 Å². The van der Waals surface area contributed by atoms with Gasteiger partial charge >= 0.3 is 0 Å². The number of hydrogen-bond donors (Lipinski definition) is 2. The molecule has 1 rings (SSSR count). The maximum atomic E-state index is 9.45. The van der Waals surface area contributed by atoms with Gasteiger partial charge in [0.05, 0.1) is 25.4 Å². The molecule has 3 N–H and O–H groups in total. The van der Waals surface area contributed by atoms with E-state index in [1.807, 2.05) is 6.92 Å². The summed E-state index contributed by atoms with van der Waals surface area (Å²) >= 11 is 0. The minimum absolute atomic E-state index is 0.281. The van der Waals surface area contributed by atoms with Gasteiger partial charge in [-0.3, -0.25) is 0 Å². The minimum Gasteiger partial charge on any atom is -0.391 e. The van der Waals surface area contributed by atoms with Gasteiger partial charge in [0.25, 0.3) is 0 Å². The number of nitrogens with two attached hydrogens (primary N) is 1. The molecule has 0 bridgehead atoms. The van der Waals surface area contributed by atoms with Gasteiger partial charge in [-0.15, -0.1) is 6.58 Å². The zero-order valence-corrected chi connectivity index (χ0v) is 8.61. The second kappa shape index (κ2) is 5.46. The Hall–Kier alpha value is -0.420. The van der Waals surface area contributed by atoms with Gasteiger partial charge in [-0.25, -0.2) is 0 Å². The van der Waals surface area contributed by atoms with Gasteiger partial charge in [-0.05, 0) is 13.3 Å². The van der Waals surface area contributed by atoms with E-state index in [2.05, 4.69) is 6.58 Å². The zero-order chi connectivity index (χ0) is 10.6. The highest BCUT2D eigenvalue weighted by Gasteiger charge is 2.27. The van der Waals surface area contributed by atoms with Crippen LogP contribution in [0.2, 0.25) is 0 Å². The number of aliphatic hydroxyl groups excluding tert-OH is 1. The molecule has 0 aliphatic carbocycles. The Morgan fingerprint density at radius 3 is 3.00 bits per heavy atom. The molecule has 1 saturated heterocycles. The molecule has 0 aromatic carbocycles. The predicted molar refractivity (Wildman–Crippen MR) is 53.7 cm³/mol. The standard InChI is InChI=1S/C10H19NO3/c1-7(2)3-4-13-10-5-9(12)8(11)6-14-10/h8-10,12H,1,3-6,11H2,2H3/t8-,9-,10?/m0/s1. The van der Waals surface area contributed by atoms with Gasteiger partial charge < -0.3 is 20.3 Å². The number of ether oxygens (including phenoxy) is 2. The topological polar surface area (TPSA) is 64.7 Å². The molecule has 82 valence electrons. The molecule has 0 radical (unpaired) electrons. The van der Waals surface area contributed by atoms with Crippen molar-refractivity contribution in [3.8, 4) is 0 Å². The van der Waals surface area contributed by atoms with Gasteiger partial charge in [0.1, 0.15) is 0 Å². The Bertz CT molecular complexity index is 196. The van der Waals surface area contributed by atoms with Gasteiger partial charge in [0.2, 0.25) is 0 Å². The summed E-state index contributed by atoms with van der Waals surface area (Å²) in [5.74, 6) is 0. The van der Waals surface area contributed by atoms with E-state index in [0.29, 0.717) is 19.6 Å². The van der Waals surface area contributed by atoms with E-state index < -0.39 is 6.10 Å². The maximum Gasteiger partial charge on any atom is 0.160 e. The molecule has 1 aliphatic rings. The van der Waals surface area contributed by atoms with Crippen LogP contribution < -0.4 is 5.73 Å². The lowest BCUT2D eigenvalue weighted by molar-refractivity contribution is -0.189. The van der Waals surface area contributed by atoms with E-state index in [4.69, 9.17) is 15.2 Å². The molecular formula is C10H19NO3. The third-order valence-corrected chi connectivity index (χ3v) is 2.24. The number of aliphatic hydroxyl groups is 1. The summed E-state index contributed by atoms with van der Waals surface area (Å²) < 4.78 is 10.7. The van der Waals surface area contributed by atoms with Crippen molar-refractivity contribution in [3.63, 3.8) is 0 Å². The summed E-state index contributed by atoms with van der Waals surface area (Å²) in [7, 11) is 0. The monoisotopic (exact) mass is 201 g/mol. The Kier molecular flexibility index (Phi) is 4.54. The molecule has 0 saturated carbocycles. The van der Waals surface area contributed by atoms with Gasteiger partial charge in [0.15, 0.2) is 6.29 Å². The first kappa shape index (κ1) is 11.7. The molecule has 4 nitrogen and oxygen atoms in total. The first-order valence-electron chi connectivity index (χ1n) is 4.91. The fourth-order valence-corrected chi connectivity index (χ4v) is 1.25. The van der Waals surface area contributed by atoms with Crippen LogP contribution in [0.3, 0.4) is 0 Å². The summed E-state index contributed by atoms with van der Waals surface area (Å²) in [5.41, 5.74) is 6.65. The molecular weight excluding hydrogens is 182 g/mol. The highest BCUT2D eigenvalue weighted by molar-refractivity contribution is 4.87. The summed E-state index contributed by atoms with van der Waals surface area (Å²) in [6.07, 6.45) is 0.446. The molecule has 0 aromatic heterocycles. The molecule has 1 unspecified atom stereocenters. The highest BCUT2D eigenvalue weighted by Crippen LogP contribution is 2.14. The van der Waals surface area contributed by atoms with Crippen LogP contribution in [0.25, 0.3) is 0 Å². The summed E-state index contributed by atoms with van der Waals surface area (Å²) in [4.78, 5) is 0. The van der Waals surface area contributed by atoms with Crippen molar-refractivity contribution in [1.29, 1.82) is 0 Å². The van der Waals surface area contributed by atoms with Crippen molar-refractivity contribution in [3.05, 3.63) is 12.2 Å². The second-order valence-electron chi connectivity index (χ2n) is 3.81. The molecule has 1 fully saturated rings. The van der Waals surface area contributed by atoms with Crippen molar-refractivity contribution in [2.24, 2.45) is 5.73 Å². The largest absolute Gasteiger partial charge is 0.391 e. The van der Waals surface area contributed by atoms with Crippen LogP contribution >= 0.6 is 0 Å². The fourth-order valence-electron chi connectivity index (χ4n) is 1.25. The quantitative estimate of drug-likeness (QED) is 0.646. The third kappa shape index (κ3) is 3.75. The Balaban J connectivity index is 2.16. The number of hydrogen-bond acceptors (Lipinski definition) is 4. The second-order valence-corrected chi connectivity index (χ2v) is 3.81. The van der Waals surface area contributed by atoms with Crippen molar-refractivity contribution in [2.45, 2.75) is 38.2 Å². The zero-order valence-electron chi connectivity index (χ0n) is 8.61. The van der Waals surface area contributed by atoms with Crippen molar-refractivity contribution >= 4 is 0 Å². The van der Waals surface area contributed by atoms with E-state index in [9.17, 15) is 5.11 Å². The first-order valence-corrected chi connectivity index (χ1v) is 4.91. The smallest absolute Gasteiger partial charge is 0.160 e. The summed E-state index contributed by atoms with van der Waals surface area (Å²) in [5, 5.41) is 9.45. The Morgan fingerprint density at radius 2 is 2.43 bits per heavy atom. The van der Waals surface area contributed by atoms with E-state index in [-0.39, 0.29) is 12.3 Å². The molecule has 0 aromatic rings. The van der Waals surface area contributed by atoms with E-state index in [1.54, 1.807) is 0 Å². The highest BCUT2D eigenvalue weighted by atomic mass is 16.7. The molecule has 3 atom stereocenters. The van der Waals surface area contributed by atoms with Crippen LogP contribution in [-0.4, -0.2) is 36.8 Å². The number of rotatable bonds is 4. The first-order chi connectivity index (χ1) is 6.59. The summed E-state index contributed by atoms with van der Waals surface area (Å²) in [6, 6.07) is -0.281. The van der Waals surface area contributed by atoms with Gasteiger partial charge in [0, 0.05) is 6.42 Å². The van der Waals surface area contributed by atoms with E-state index in [1.165, 1.54) is 0 Å². The van der Waals surface area contributed by atoms with Crippen molar-refractivity contribution < 1.29 is 14.6 Å². The normalized spacial score (nSPS) is 32.9. The Morgan fingerprint density at radius 1 is 1.71 bits per heavy atom. The predicted octanol–water partition coefficient (Wildman–Crippen LogP) is 0.404. The molecule has 4 heteroatoms. The van der Waals surface area contributed by atoms with Crippen LogP contribution in [0, 0.1) is 0 Å². The van der Waals surface area contributed by atoms with E-state index in [0.717, 1.165) is 12.0 Å². The van der Waals surface area contributed by atoms with E-state index >= 15 is 0 Å². The van der Waals surface area contributed by atoms with Crippen LogP contribution in [0.4, 0.5) is 0 Å². The van der Waals surface area contributed by atoms with Gasteiger partial charge in [-0.1, -0.05) is 5.57 Å². The Labute approximate surface area is 84.7 Å². The molecule has 0 amide bonds. The average molecular weight is 201 g/mol. The lowest BCUT2D eigenvalue weighted by Crippen LogP contribution is -2.47. The maximum absolute atomic E-state index is 9.45. The van der Waals surface area contributed by atoms with Gasteiger partial charge in [-0.2, -0.15) is 0 Å². The molecule has 1 heterocycles. The van der Waals surface area contributed by atoms with Crippen LogP contribution in [-0.2, 0) is 9.47 Å². The minimum atomic E-state index is -0.515. The lowest BCUT2D eigenvalue weighted by atomic mass is 10.1. The van der Waals surface area contributed by atoms with Crippen molar-refractivity contribution in [1.82, 2.24) is 0 Å². The van der Waals surface area contributed by atoms with Crippen LogP contribution in [0.5, 0.6) is 0 Å². The lowest BCUT2D eigenvalue weighted by Gasteiger charge is -2.30. The SMILES string of the molecule is C=C(C)CCOC1C[C@H](O)[C@@H](N)CO1. The molecule has 14 heavy (non-hydrogen) atoms. The fraction of sp³-hybridized carbons (Fsp3) is 0.800. The third-order valence-electron chi connectivity index (χ3n) is 2.24. The molecule has 0 spiro atoms. The average Bonchev–Trinajstić information content (AvgIpc) is 2.10. The van der Waals surface area contributed by atoms with Crippen LogP contribution in [0.15, 0.2) is 12.2 Å². The molecule has 1 aliphatic heterocycles.